The van der Waals surface area contributed by atoms with Gasteiger partial charge in [0.05, 0.1) is 6.61 Å². The summed E-state index contributed by atoms with van der Waals surface area (Å²) in [7, 11) is 0. The van der Waals surface area contributed by atoms with Crippen LogP contribution in [0.1, 0.15) is 90.3 Å². The summed E-state index contributed by atoms with van der Waals surface area (Å²) in [6, 6.07) is 12.2. The Hall–Kier alpha value is -2.16. The molecule has 0 amide bonds. The van der Waals surface area contributed by atoms with Crippen LogP contribution < -0.4 is 9.47 Å². The first-order chi connectivity index (χ1) is 14.7. The molecule has 0 spiro atoms. The molecule has 0 atom stereocenters. The van der Waals surface area contributed by atoms with Crippen LogP contribution in [0.3, 0.4) is 0 Å². The van der Waals surface area contributed by atoms with Gasteiger partial charge in [0.25, 0.3) is 0 Å². The standard InChI is InChI=1S/C28H40O3/c1-7-27(4,5)22-12-21(13-23(14-22)28(6,8-2)9-3)19-31-26-16-24(29)15-25(17-26)30-18-20-10-11-20/h12-17,20,29H,7-11,18-19H2,1-6H3. The van der Waals surface area contributed by atoms with Crippen molar-refractivity contribution in [2.45, 2.75) is 91.1 Å². The highest BCUT2D eigenvalue weighted by molar-refractivity contribution is 5.42. The van der Waals surface area contributed by atoms with Crippen molar-refractivity contribution >= 4 is 0 Å². The minimum absolute atomic E-state index is 0.113. The molecule has 0 heterocycles. The number of phenolic OH excluding ortho intramolecular Hbond substituents is 1. The maximum atomic E-state index is 10.1. The second-order valence-electron chi connectivity index (χ2n) is 10.1. The Kier molecular flexibility index (Phi) is 7.24. The molecule has 0 bridgehead atoms. The number of benzene rings is 2. The van der Waals surface area contributed by atoms with E-state index in [1.54, 1.807) is 12.1 Å². The van der Waals surface area contributed by atoms with Gasteiger partial charge < -0.3 is 14.6 Å². The number of aromatic hydroxyl groups is 1. The smallest absolute Gasteiger partial charge is 0.127 e. The molecule has 0 aromatic heterocycles. The molecule has 1 fully saturated rings. The van der Waals surface area contributed by atoms with Gasteiger partial charge in [-0.3, -0.25) is 0 Å². The maximum absolute atomic E-state index is 10.1. The highest BCUT2D eigenvalue weighted by atomic mass is 16.5. The number of rotatable bonds is 11. The molecule has 0 saturated heterocycles. The number of ether oxygens (including phenoxy) is 2. The number of phenols is 1. The lowest BCUT2D eigenvalue weighted by Gasteiger charge is -2.31. The predicted octanol–water partition coefficient (Wildman–Crippen LogP) is 7.53. The fraction of sp³-hybridized carbons (Fsp3) is 0.571. The Bertz CT molecular complexity index is 876. The van der Waals surface area contributed by atoms with Crippen LogP contribution in [0, 0.1) is 5.92 Å². The maximum Gasteiger partial charge on any atom is 0.127 e. The molecule has 2 aromatic carbocycles. The Labute approximate surface area is 188 Å². The lowest BCUT2D eigenvalue weighted by molar-refractivity contribution is 0.284. The summed E-state index contributed by atoms with van der Waals surface area (Å²) < 4.78 is 12.0. The normalized spacial score (nSPS) is 14.5. The Balaban J connectivity index is 1.84. The highest BCUT2D eigenvalue weighted by Crippen LogP contribution is 2.37. The fourth-order valence-electron chi connectivity index (χ4n) is 3.77. The summed E-state index contributed by atoms with van der Waals surface area (Å²) in [6.07, 6.45) is 5.77. The summed E-state index contributed by atoms with van der Waals surface area (Å²) in [6.45, 7) is 14.9. The van der Waals surface area contributed by atoms with Gasteiger partial charge in [0.15, 0.2) is 0 Å². The van der Waals surface area contributed by atoms with E-state index < -0.39 is 0 Å². The first kappa shape index (κ1) is 23.5. The second kappa shape index (κ2) is 9.54. The van der Waals surface area contributed by atoms with Crippen LogP contribution in [0.4, 0.5) is 0 Å². The van der Waals surface area contributed by atoms with Crippen LogP contribution in [0.25, 0.3) is 0 Å². The van der Waals surface area contributed by atoms with Gasteiger partial charge in [-0.25, -0.2) is 0 Å². The molecule has 0 radical (unpaired) electrons. The third kappa shape index (κ3) is 5.96. The summed E-state index contributed by atoms with van der Waals surface area (Å²) >= 11 is 0. The van der Waals surface area contributed by atoms with E-state index in [9.17, 15) is 5.11 Å². The molecule has 3 heteroatoms. The van der Waals surface area contributed by atoms with E-state index in [0.717, 1.165) is 19.3 Å². The molecule has 0 unspecified atom stereocenters. The van der Waals surface area contributed by atoms with Crippen molar-refractivity contribution < 1.29 is 14.6 Å². The van der Waals surface area contributed by atoms with E-state index >= 15 is 0 Å². The largest absolute Gasteiger partial charge is 0.508 e. The molecule has 0 aliphatic heterocycles. The van der Waals surface area contributed by atoms with Crippen LogP contribution in [0.5, 0.6) is 17.2 Å². The van der Waals surface area contributed by atoms with E-state index in [0.29, 0.717) is 30.6 Å². The molecular weight excluding hydrogens is 384 g/mol. The Morgan fingerprint density at radius 3 is 2.00 bits per heavy atom. The zero-order valence-electron chi connectivity index (χ0n) is 20.3. The SMILES string of the molecule is CCC(C)(C)c1cc(COc2cc(O)cc(OCC3CC3)c2)cc(C(C)(CC)CC)c1. The molecule has 1 N–H and O–H groups in total. The van der Waals surface area contributed by atoms with E-state index in [1.807, 2.05) is 6.07 Å². The number of hydrogen-bond acceptors (Lipinski definition) is 3. The molecule has 1 saturated carbocycles. The monoisotopic (exact) mass is 424 g/mol. The summed E-state index contributed by atoms with van der Waals surface area (Å²) in [5, 5.41) is 10.1. The number of hydrogen-bond donors (Lipinski definition) is 1. The molecule has 170 valence electrons. The molecule has 31 heavy (non-hydrogen) atoms. The van der Waals surface area contributed by atoms with E-state index in [-0.39, 0.29) is 16.6 Å². The minimum atomic E-state index is 0.113. The highest BCUT2D eigenvalue weighted by Gasteiger charge is 2.26. The Morgan fingerprint density at radius 2 is 1.42 bits per heavy atom. The van der Waals surface area contributed by atoms with Gasteiger partial charge in [-0.15, -0.1) is 0 Å². The third-order valence-corrected chi connectivity index (χ3v) is 7.37. The van der Waals surface area contributed by atoms with Crippen LogP contribution in [-0.2, 0) is 17.4 Å². The topological polar surface area (TPSA) is 38.7 Å². The lowest BCUT2D eigenvalue weighted by Crippen LogP contribution is -2.23. The summed E-state index contributed by atoms with van der Waals surface area (Å²) in [5.41, 5.74) is 4.19. The van der Waals surface area contributed by atoms with Gasteiger partial charge in [0, 0.05) is 18.2 Å². The molecule has 1 aliphatic rings. The first-order valence-electron chi connectivity index (χ1n) is 11.9. The van der Waals surface area contributed by atoms with E-state index in [1.165, 1.54) is 29.5 Å². The van der Waals surface area contributed by atoms with Gasteiger partial charge in [0.1, 0.15) is 23.9 Å². The molecule has 1 aliphatic carbocycles. The Morgan fingerprint density at radius 1 is 0.806 bits per heavy atom. The van der Waals surface area contributed by atoms with Gasteiger partial charge in [-0.05, 0) is 65.5 Å². The van der Waals surface area contributed by atoms with Crippen molar-refractivity contribution in [2.75, 3.05) is 6.61 Å². The van der Waals surface area contributed by atoms with Crippen LogP contribution in [0.2, 0.25) is 0 Å². The molecule has 3 rings (SSSR count). The summed E-state index contributed by atoms with van der Waals surface area (Å²) in [4.78, 5) is 0. The van der Waals surface area contributed by atoms with Gasteiger partial charge in [-0.2, -0.15) is 0 Å². The first-order valence-corrected chi connectivity index (χ1v) is 11.9. The third-order valence-electron chi connectivity index (χ3n) is 7.37. The zero-order chi connectivity index (χ0) is 22.6. The van der Waals surface area contributed by atoms with E-state index in [2.05, 4.69) is 59.7 Å². The van der Waals surface area contributed by atoms with Gasteiger partial charge in [-0.1, -0.05) is 59.7 Å². The van der Waals surface area contributed by atoms with Crippen molar-refractivity contribution in [1.29, 1.82) is 0 Å². The van der Waals surface area contributed by atoms with Crippen molar-refractivity contribution in [3.05, 3.63) is 53.1 Å². The van der Waals surface area contributed by atoms with Crippen molar-refractivity contribution in [3.8, 4) is 17.2 Å². The van der Waals surface area contributed by atoms with Crippen molar-refractivity contribution in [3.63, 3.8) is 0 Å². The van der Waals surface area contributed by atoms with E-state index in [4.69, 9.17) is 9.47 Å². The molecular formula is C28H40O3. The van der Waals surface area contributed by atoms with Crippen LogP contribution in [-0.4, -0.2) is 11.7 Å². The minimum Gasteiger partial charge on any atom is -0.508 e. The van der Waals surface area contributed by atoms with Crippen LogP contribution >= 0.6 is 0 Å². The van der Waals surface area contributed by atoms with Crippen molar-refractivity contribution in [1.82, 2.24) is 0 Å². The lowest BCUT2D eigenvalue weighted by atomic mass is 9.73. The van der Waals surface area contributed by atoms with Gasteiger partial charge in [0.2, 0.25) is 0 Å². The van der Waals surface area contributed by atoms with Gasteiger partial charge >= 0.3 is 0 Å². The fourth-order valence-corrected chi connectivity index (χ4v) is 3.77. The van der Waals surface area contributed by atoms with Crippen LogP contribution in [0.15, 0.2) is 36.4 Å². The second-order valence-corrected chi connectivity index (χ2v) is 10.1. The zero-order valence-corrected chi connectivity index (χ0v) is 20.3. The average Bonchev–Trinajstić information content (AvgIpc) is 3.60. The van der Waals surface area contributed by atoms with Crippen molar-refractivity contribution in [2.24, 2.45) is 5.92 Å². The quantitative estimate of drug-likeness (QED) is 0.405. The molecule has 2 aromatic rings. The average molecular weight is 425 g/mol. The predicted molar refractivity (Wildman–Crippen MR) is 128 cm³/mol. The molecule has 3 nitrogen and oxygen atoms in total. The summed E-state index contributed by atoms with van der Waals surface area (Å²) in [5.74, 6) is 2.16.